The molecule has 2 aromatic rings. The fourth-order valence-electron chi connectivity index (χ4n) is 3.26. The molecule has 2 aromatic heterocycles. The lowest BCUT2D eigenvalue weighted by Crippen LogP contribution is -2.49. The van der Waals surface area contributed by atoms with Crippen LogP contribution in [-0.4, -0.2) is 58.2 Å². The van der Waals surface area contributed by atoms with Gasteiger partial charge in [-0.05, 0) is 31.9 Å². The summed E-state index contributed by atoms with van der Waals surface area (Å²) in [5.74, 6) is 1.68. The Morgan fingerprint density at radius 2 is 2.15 bits per heavy atom. The molecule has 27 heavy (non-hydrogen) atoms. The highest BCUT2D eigenvalue weighted by Gasteiger charge is 2.23. The van der Waals surface area contributed by atoms with Crippen molar-refractivity contribution in [3.8, 4) is 6.07 Å². The number of hydrogen-bond acceptors (Lipinski definition) is 5. The van der Waals surface area contributed by atoms with Gasteiger partial charge in [0.05, 0.1) is 5.56 Å². The van der Waals surface area contributed by atoms with Crippen molar-refractivity contribution in [2.45, 2.75) is 32.4 Å². The number of piperidine rings is 1. The molecule has 0 spiro atoms. The van der Waals surface area contributed by atoms with Crippen LogP contribution >= 0.6 is 0 Å². The van der Waals surface area contributed by atoms with Gasteiger partial charge in [-0.15, -0.1) is 0 Å². The molecule has 1 N–H and O–H groups in total. The smallest absolute Gasteiger partial charge is 0.317 e. The first-order chi connectivity index (χ1) is 13.1. The molecule has 3 rings (SSSR count). The number of likely N-dealkylation sites (N-methyl/N-ethyl adjacent to an activating group) is 1. The lowest BCUT2D eigenvalue weighted by atomic mass is 10.0. The number of urea groups is 1. The van der Waals surface area contributed by atoms with Crippen molar-refractivity contribution in [3.05, 3.63) is 42.1 Å². The molecule has 8 heteroatoms. The van der Waals surface area contributed by atoms with Crippen molar-refractivity contribution in [1.29, 1.82) is 5.26 Å². The monoisotopic (exact) mass is 367 g/mol. The second-order valence-corrected chi connectivity index (χ2v) is 6.79. The second-order valence-electron chi connectivity index (χ2n) is 6.79. The lowest BCUT2D eigenvalue weighted by molar-refractivity contribution is 0.200. The number of nitrogens with one attached hydrogen (secondary N) is 1. The van der Waals surface area contributed by atoms with Gasteiger partial charge in [-0.2, -0.15) is 5.26 Å². The molecule has 0 radical (unpaired) electrons. The highest BCUT2D eigenvalue weighted by atomic mass is 16.2. The molecule has 0 bridgehead atoms. The zero-order chi connectivity index (χ0) is 19.2. The van der Waals surface area contributed by atoms with E-state index in [0.717, 1.165) is 44.1 Å². The minimum absolute atomic E-state index is 0.0539. The summed E-state index contributed by atoms with van der Waals surface area (Å²) in [6.45, 7) is 4.85. The largest absolute Gasteiger partial charge is 0.355 e. The molecule has 8 nitrogen and oxygen atoms in total. The predicted octanol–water partition coefficient (Wildman–Crippen LogP) is 1.77. The van der Waals surface area contributed by atoms with E-state index in [1.807, 2.05) is 24.7 Å². The van der Waals surface area contributed by atoms with Crippen molar-refractivity contribution in [1.82, 2.24) is 24.8 Å². The molecular weight excluding hydrogens is 342 g/mol. The minimum atomic E-state index is -0.0539. The summed E-state index contributed by atoms with van der Waals surface area (Å²) in [7, 11) is 1.81. The summed E-state index contributed by atoms with van der Waals surface area (Å²) >= 11 is 0. The van der Waals surface area contributed by atoms with E-state index < -0.39 is 0 Å². The van der Waals surface area contributed by atoms with E-state index in [1.165, 1.54) is 0 Å². The Labute approximate surface area is 159 Å². The van der Waals surface area contributed by atoms with E-state index in [-0.39, 0.29) is 12.1 Å². The summed E-state index contributed by atoms with van der Waals surface area (Å²) in [4.78, 5) is 24.8. The van der Waals surface area contributed by atoms with Crippen molar-refractivity contribution >= 4 is 11.8 Å². The zero-order valence-corrected chi connectivity index (χ0v) is 15.8. The van der Waals surface area contributed by atoms with Gasteiger partial charge < -0.3 is 19.7 Å². The normalized spacial score (nSPS) is 14.6. The lowest BCUT2D eigenvalue weighted by Gasteiger charge is -2.34. The van der Waals surface area contributed by atoms with Crippen LogP contribution in [0.5, 0.6) is 0 Å². The number of imidazole rings is 1. The number of amides is 2. The standard InChI is InChI=1S/C19H25N7O/c1-15-21-8-11-25(15)13-12-24(2)19(27)23-17-5-9-26(10-6-17)18-16(14-20)4-3-7-22-18/h3-4,7-8,11,17H,5-6,9-10,12-13H2,1-2H3,(H,23,27). The summed E-state index contributed by atoms with van der Waals surface area (Å²) in [5.41, 5.74) is 0.592. The van der Waals surface area contributed by atoms with Gasteiger partial charge in [-0.3, -0.25) is 0 Å². The van der Waals surface area contributed by atoms with E-state index >= 15 is 0 Å². The van der Waals surface area contributed by atoms with Crippen LogP contribution in [0.1, 0.15) is 24.2 Å². The van der Waals surface area contributed by atoms with E-state index in [1.54, 1.807) is 29.4 Å². The summed E-state index contributed by atoms with van der Waals surface area (Å²) < 4.78 is 2.03. The van der Waals surface area contributed by atoms with Gasteiger partial charge in [0, 0.05) is 57.9 Å². The number of pyridine rings is 1. The Balaban J connectivity index is 1.46. The fraction of sp³-hybridized carbons (Fsp3) is 0.474. The number of nitriles is 1. The summed E-state index contributed by atoms with van der Waals surface area (Å²) in [6, 6.07) is 5.84. The number of aryl methyl sites for hydroxylation is 1. The minimum Gasteiger partial charge on any atom is -0.355 e. The van der Waals surface area contributed by atoms with Crippen LogP contribution in [0.3, 0.4) is 0 Å². The third-order valence-corrected chi connectivity index (χ3v) is 4.98. The first-order valence-electron chi connectivity index (χ1n) is 9.18. The van der Waals surface area contributed by atoms with Crippen molar-refractivity contribution in [2.24, 2.45) is 0 Å². The number of carbonyl (C=O) groups is 1. The molecule has 0 aliphatic carbocycles. The van der Waals surface area contributed by atoms with Gasteiger partial charge in [-0.1, -0.05) is 0 Å². The van der Waals surface area contributed by atoms with Crippen LogP contribution in [0, 0.1) is 18.3 Å². The third-order valence-electron chi connectivity index (χ3n) is 4.98. The van der Waals surface area contributed by atoms with Crippen LogP contribution < -0.4 is 10.2 Å². The predicted molar refractivity (Wildman–Crippen MR) is 102 cm³/mol. The first-order valence-corrected chi connectivity index (χ1v) is 9.18. The van der Waals surface area contributed by atoms with Crippen molar-refractivity contribution in [2.75, 3.05) is 31.6 Å². The van der Waals surface area contributed by atoms with Crippen LogP contribution in [0.4, 0.5) is 10.6 Å². The van der Waals surface area contributed by atoms with Crippen molar-refractivity contribution < 1.29 is 4.79 Å². The Morgan fingerprint density at radius 3 is 2.81 bits per heavy atom. The number of nitrogens with zero attached hydrogens (tertiary/aromatic N) is 6. The Hall–Kier alpha value is -3.08. The maximum atomic E-state index is 12.4. The first kappa shape index (κ1) is 18.7. The molecule has 0 atom stereocenters. The average Bonchev–Trinajstić information content (AvgIpc) is 3.11. The van der Waals surface area contributed by atoms with E-state index in [4.69, 9.17) is 0 Å². The molecule has 0 aromatic carbocycles. The SMILES string of the molecule is Cc1nccn1CCN(C)C(=O)NC1CCN(c2ncccc2C#N)CC1. The van der Waals surface area contributed by atoms with Gasteiger partial charge in [-0.25, -0.2) is 14.8 Å². The molecule has 1 fully saturated rings. The van der Waals surface area contributed by atoms with Gasteiger partial charge in [0.25, 0.3) is 0 Å². The van der Waals surface area contributed by atoms with E-state index in [9.17, 15) is 10.1 Å². The number of aromatic nitrogens is 3. The van der Waals surface area contributed by atoms with Gasteiger partial charge >= 0.3 is 6.03 Å². The van der Waals surface area contributed by atoms with Crippen LogP contribution in [0.15, 0.2) is 30.7 Å². The number of hydrogen-bond donors (Lipinski definition) is 1. The Kier molecular flexibility index (Phi) is 5.91. The number of rotatable bonds is 5. The van der Waals surface area contributed by atoms with Crippen LogP contribution in [0.2, 0.25) is 0 Å². The van der Waals surface area contributed by atoms with E-state index in [0.29, 0.717) is 12.1 Å². The molecule has 1 aliphatic rings. The number of carbonyl (C=O) groups excluding carboxylic acids is 1. The Bertz CT molecular complexity index is 817. The van der Waals surface area contributed by atoms with Crippen LogP contribution in [-0.2, 0) is 6.54 Å². The second kappa shape index (κ2) is 8.54. The molecule has 3 heterocycles. The maximum absolute atomic E-state index is 12.4. The average molecular weight is 367 g/mol. The summed E-state index contributed by atoms with van der Waals surface area (Å²) in [5, 5.41) is 12.3. The van der Waals surface area contributed by atoms with Gasteiger partial charge in [0.1, 0.15) is 17.7 Å². The molecule has 1 saturated heterocycles. The van der Waals surface area contributed by atoms with Crippen molar-refractivity contribution in [3.63, 3.8) is 0 Å². The summed E-state index contributed by atoms with van der Waals surface area (Å²) in [6.07, 6.45) is 7.07. The van der Waals surface area contributed by atoms with E-state index in [2.05, 4.69) is 26.3 Å². The van der Waals surface area contributed by atoms with Gasteiger partial charge in [0.15, 0.2) is 0 Å². The third kappa shape index (κ3) is 4.56. The highest BCUT2D eigenvalue weighted by molar-refractivity contribution is 5.74. The van der Waals surface area contributed by atoms with Gasteiger partial charge in [0.2, 0.25) is 0 Å². The molecule has 0 unspecified atom stereocenters. The number of anilines is 1. The van der Waals surface area contributed by atoms with Crippen LogP contribution in [0.25, 0.3) is 0 Å². The zero-order valence-electron chi connectivity index (χ0n) is 15.8. The molecular formula is C19H25N7O. The fourth-order valence-corrected chi connectivity index (χ4v) is 3.26. The quantitative estimate of drug-likeness (QED) is 0.870. The maximum Gasteiger partial charge on any atom is 0.317 e. The molecule has 142 valence electrons. The highest BCUT2D eigenvalue weighted by Crippen LogP contribution is 2.21. The molecule has 1 aliphatic heterocycles. The topological polar surface area (TPSA) is 90.1 Å². The Morgan fingerprint density at radius 1 is 1.37 bits per heavy atom. The molecule has 0 saturated carbocycles. The molecule has 2 amide bonds.